The zero-order valence-electron chi connectivity index (χ0n) is 17.4. The van der Waals surface area contributed by atoms with Gasteiger partial charge < -0.3 is 14.4 Å². The standard InChI is InChI=1S/C23H25N3O4/c1-15-24-19-8-5-4-7-17(19)23(28)26(15)14-22(27)25-12-6-9-20(25)18-13-16(29-2)10-11-21(18)30-3/h4-5,7-8,10-11,13,20H,6,9,12,14H2,1-3H3. The quantitative estimate of drug-likeness (QED) is 0.650. The molecule has 1 saturated heterocycles. The maximum Gasteiger partial charge on any atom is 0.261 e. The molecule has 4 rings (SSSR count). The van der Waals surface area contributed by atoms with Crippen LogP contribution in [0.5, 0.6) is 11.5 Å². The number of carbonyl (C=O) groups is 1. The van der Waals surface area contributed by atoms with E-state index in [-0.39, 0.29) is 24.1 Å². The molecule has 2 aromatic carbocycles. The highest BCUT2D eigenvalue weighted by Crippen LogP contribution is 2.39. The molecule has 1 fully saturated rings. The molecule has 0 radical (unpaired) electrons. The number of hydrogen-bond donors (Lipinski definition) is 0. The molecule has 1 aliphatic heterocycles. The summed E-state index contributed by atoms with van der Waals surface area (Å²) in [5.74, 6) is 1.86. The molecular weight excluding hydrogens is 382 g/mol. The van der Waals surface area contributed by atoms with E-state index in [1.807, 2.05) is 35.2 Å². The lowest BCUT2D eigenvalue weighted by atomic mass is 10.0. The largest absolute Gasteiger partial charge is 0.497 e. The van der Waals surface area contributed by atoms with Crippen molar-refractivity contribution in [2.45, 2.75) is 32.4 Å². The van der Waals surface area contributed by atoms with Crippen molar-refractivity contribution < 1.29 is 14.3 Å². The number of nitrogens with zero attached hydrogens (tertiary/aromatic N) is 3. The molecule has 30 heavy (non-hydrogen) atoms. The molecule has 1 aromatic heterocycles. The molecule has 0 N–H and O–H groups in total. The second-order valence-electron chi connectivity index (χ2n) is 7.42. The van der Waals surface area contributed by atoms with E-state index in [2.05, 4.69) is 4.98 Å². The van der Waals surface area contributed by atoms with E-state index in [1.165, 1.54) is 4.57 Å². The molecule has 1 unspecified atom stereocenters. The summed E-state index contributed by atoms with van der Waals surface area (Å²) in [6, 6.07) is 12.7. The maximum absolute atomic E-state index is 13.3. The predicted octanol–water partition coefficient (Wildman–Crippen LogP) is 3.09. The molecule has 7 heteroatoms. The zero-order chi connectivity index (χ0) is 21.3. The molecule has 0 spiro atoms. The lowest BCUT2D eigenvalue weighted by molar-refractivity contribution is -0.132. The molecule has 7 nitrogen and oxygen atoms in total. The van der Waals surface area contributed by atoms with Gasteiger partial charge in [-0.25, -0.2) is 4.98 Å². The Hall–Kier alpha value is -3.35. The second-order valence-corrected chi connectivity index (χ2v) is 7.42. The lowest BCUT2D eigenvalue weighted by Crippen LogP contribution is -2.37. The number of carbonyl (C=O) groups excluding carboxylic acids is 1. The summed E-state index contributed by atoms with van der Waals surface area (Å²) >= 11 is 0. The fourth-order valence-electron chi connectivity index (χ4n) is 4.18. The van der Waals surface area contributed by atoms with Crippen LogP contribution in [0.3, 0.4) is 0 Å². The van der Waals surface area contributed by atoms with E-state index in [0.29, 0.717) is 23.3 Å². The lowest BCUT2D eigenvalue weighted by Gasteiger charge is -2.27. The minimum Gasteiger partial charge on any atom is -0.497 e. The summed E-state index contributed by atoms with van der Waals surface area (Å²) in [6.45, 7) is 2.36. The van der Waals surface area contributed by atoms with Crippen LogP contribution >= 0.6 is 0 Å². The van der Waals surface area contributed by atoms with Gasteiger partial charge >= 0.3 is 0 Å². The number of likely N-dealkylation sites (tertiary alicyclic amines) is 1. The number of hydrogen-bond acceptors (Lipinski definition) is 5. The maximum atomic E-state index is 13.3. The van der Waals surface area contributed by atoms with Crippen LogP contribution in [0.25, 0.3) is 10.9 Å². The van der Waals surface area contributed by atoms with E-state index >= 15 is 0 Å². The van der Waals surface area contributed by atoms with Gasteiger partial charge in [0.15, 0.2) is 0 Å². The molecular formula is C23H25N3O4. The van der Waals surface area contributed by atoms with Gasteiger partial charge in [-0.15, -0.1) is 0 Å². The summed E-state index contributed by atoms with van der Waals surface area (Å²) in [4.78, 5) is 32.5. The van der Waals surface area contributed by atoms with Crippen molar-refractivity contribution >= 4 is 16.8 Å². The van der Waals surface area contributed by atoms with E-state index < -0.39 is 0 Å². The second kappa shape index (κ2) is 8.18. The number of para-hydroxylation sites is 1. The summed E-state index contributed by atoms with van der Waals surface area (Å²) < 4.78 is 12.4. The minimum atomic E-state index is -0.193. The van der Waals surface area contributed by atoms with Crippen molar-refractivity contribution in [2.24, 2.45) is 0 Å². The van der Waals surface area contributed by atoms with Crippen LogP contribution in [0, 0.1) is 6.92 Å². The molecule has 1 amide bonds. The van der Waals surface area contributed by atoms with Crippen LogP contribution in [0.4, 0.5) is 0 Å². The monoisotopic (exact) mass is 407 g/mol. The van der Waals surface area contributed by atoms with Crippen molar-refractivity contribution in [1.29, 1.82) is 0 Å². The van der Waals surface area contributed by atoms with Crippen molar-refractivity contribution in [1.82, 2.24) is 14.5 Å². The number of aryl methyl sites for hydroxylation is 1. The Balaban J connectivity index is 1.66. The molecule has 1 aliphatic rings. The van der Waals surface area contributed by atoms with Crippen LogP contribution < -0.4 is 15.0 Å². The number of benzene rings is 2. The first-order valence-electron chi connectivity index (χ1n) is 10.0. The van der Waals surface area contributed by atoms with Crippen LogP contribution in [-0.2, 0) is 11.3 Å². The third-order valence-corrected chi connectivity index (χ3v) is 5.71. The van der Waals surface area contributed by atoms with E-state index in [0.717, 1.165) is 29.9 Å². The van der Waals surface area contributed by atoms with Gasteiger partial charge in [-0.05, 0) is 50.1 Å². The molecule has 3 aromatic rings. The van der Waals surface area contributed by atoms with E-state index in [9.17, 15) is 9.59 Å². The fourth-order valence-corrected chi connectivity index (χ4v) is 4.18. The Morgan fingerprint density at radius 1 is 1.17 bits per heavy atom. The van der Waals surface area contributed by atoms with Gasteiger partial charge in [0, 0.05) is 12.1 Å². The van der Waals surface area contributed by atoms with Gasteiger partial charge in [-0.1, -0.05) is 12.1 Å². The van der Waals surface area contributed by atoms with Gasteiger partial charge in [0.2, 0.25) is 5.91 Å². The number of fused-ring (bicyclic) bond motifs is 1. The molecule has 156 valence electrons. The fraction of sp³-hybridized carbons (Fsp3) is 0.348. The first-order chi connectivity index (χ1) is 14.5. The number of methoxy groups -OCH3 is 2. The average molecular weight is 407 g/mol. The first-order valence-corrected chi connectivity index (χ1v) is 10.0. The van der Waals surface area contributed by atoms with Crippen LogP contribution in [0.2, 0.25) is 0 Å². The van der Waals surface area contributed by atoms with Crippen molar-refractivity contribution in [2.75, 3.05) is 20.8 Å². The predicted molar refractivity (Wildman–Crippen MR) is 114 cm³/mol. The Bertz CT molecular complexity index is 1150. The normalized spacial score (nSPS) is 16.1. The zero-order valence-corrected chi connectivity index (χ0v) is 17.4. The first kappa shape index (κ1) is 19.9. The van der Waals surface area contributed by atoms with Gasteiger partial charge in [0.05, 0.1) is 31.2 Å². The summed E-state index contributed by atoms with van der Waals surface area (Å²) in [5.41, 5.74) is 1.37. The third-order valence-electron chi connectivity index (χ3n) is 5.71. The Morgan fingerprint density at radius 3 is 2.73 bits per heavy atom. The number of rotatable bonds is 5. The van der Waals surface area contributed by atoms with Crippen molar-refractivity contribution in [3.05, 3.63) is 64.2 Å². The average Bonchev–Trinajstić information content (AvgIpc) is 3.26. The van der Waals surface area contributed by atoms with Gasteiger partial charge in [-0.3, -0.25) is 14.2 Å². The van der Waals surface area contributed by atoms with Crippen molar-refractivity contribution in [3.63, 3.8) is 0 Å². The summed E-state index contributed by atoms with van der Waals surface area (Å²) in [6.07, 6.45) is 1.72. The Kier molecular flexibility index (Phi) is 5.44. The molecule has 0 saturated carbocycles. The summed E-state index contributed by atoms with van der Waals surface area (Å²) in [7, 11) is 3.24. The van der Waals surface area contributed by atoms with Gasteiger partial charge in [0.1, 0.15) is 23.9 Å². The number of ether oxygens (including phenoxy) is 2. The van der Waals surface area contributed by atoms with Crippen LogP contribution in [0.15, 0.2) is 47.3 Å². The molecule has 0 bridgehead atoms. The van der Waals surface area contributed by atoms with E-state index in [4.69, 9.17) is 9.47 Å². The SMILES string of the molecule is COc1ccc(OC)c(C2CCCN2C(=O)Cn2c(C)nc3ccccc3c2=O)c1. The van der Waals surface area contributed by atoms with E-state index in [1.54, 1.807) is 33.3 Å². The van der Waals surface area contributed by atoms with Gasteiger partial charge in [-0.2, -0.15) is 0 Å². The molecule has 2 heterocycles. The molecule has 0 aliphatic carbocycles. The minimum absolute atomic E-state index is 0.0364. The number of aromatic nitrogens is 2. The smallest absolute Gasteiger partial charge is 0.261 e. The summed E-state index contributed by atoms with van der Waals surface area (Å²) in [5, 5.41) is 0.517. The highest BCUT2D eigenvalue weighted by Gasteiger charge is 2.32. The Morgan fingerprint density at radius 2 is 1.97 bits per heavy atom. The number of amides is 1. The van der Waals surface area contributed by atoms with Gasteiger partial charge in [0.25, 0.3) is 5.56 Å². The topological polar surface area (TPSA) is 73.7 Å². The third kappa shape index (κ3) is 3.51. The highest BCUT2D eigenvalue weighted by atomic mass is 16.5. The highest BCUT2D eigenvalue weighted by molar-refractivity contribution is 5.80. The van der Waals surface area contributed by atoms with Crippen LogP contribution in [0.1, 0.15) is 30.3 Å². The Labute approximate surface area is 174 Å². The van der Waals surface area contributed by atoms with Crippen molar-refractivity contribution in [3.8, 4) is 11.5 Å². The molecule has 1 atom stereocenters. The van der Waals surface area contributed by atoms with Crippen LogP contribution in [-0.4, -0.2) is 41.1 Å².